The molecule has 1 saturated carbocycles. The lowest BCUT2D eigenvalue weighted by atomic mass is 9.71. The van der Waals surface area contributed by atoms with Crippen LogP contribution in [-0.2, 0) is 9.53 Å². The topological polar surface area (TPSA) is 71.8 Å². The number of carbonyl (C=O) groups is 2. The standard InChI is InChI=1S/C20H27BrN2O4/c21-17-7-6-16(27-17)19(25)23-12-15(20(13-23)8-10-26-11-9-20)18(24)22-14-4-2-1-3-5-14/h6-7,14-15H,1-5,8-13H2,(H,22,24). The number of amides is 2. The average molecular weight is 439 g/mol. The van der Waals surface area contributed by atoms with Crippen LogP contribution in [-0.4, -0.2) is 49.1 Å². The van der Waals surface area contributed by atoms with Crippen molar-refractivity contribution in [3.63, 3.8) is 0 Å². The highest BCUT2D eigenvalue weighted by Crippen LogP contribution is 2.45. The molecule has 2 amide bonds. The third-order valence-electron chi connectivity index (χ3n) is 6.48. The Kier molecular flexibility index (Phi) is 5.60. The fourth-order valence-electron chi connectivity index (χ4n) is 4.90. The number of rotatable bonds is 3. The van der Waals surface area contributed by atoms with Gasteiger partial charge in [-0.25, -0.2) is 0 Å². The highest BCUT2D eigenvalue weighted by molar-refractivity contribution is 9.10. The van der Waals surface area contributed by atoms with E-state index in [1.165, 1.54) is 19.3 Å². The molecule has 2 saturated heterocycles. The second-order valence-corrected chi connectivity index (χ2v) is 8.94. The third kappa shape index (κ3) is 3.94. The molecule has 6 nitrogen and oxygen atoms in total. The molecule has 0 radical (unpaired) electrons. The monoisotopic (exact) mass is 438 g/mol. The summed E-state index contributed by atoms with van der Waals surface area (Å²) in [6.07, 6.45) is 7.41. The van der Waals surface area contributed by atoms with E-state index in [2.05, 4.69) is 21.2 Å². The molecule has 1 unspecified atom stereocenters. The van der Waals surface area contributed by atoms with Gasteiger partial charge in [0.25, 0.3) is 5.91 Å². The van der Waals surface area contributed by atoms with Gasteiger partial charge in [0, 0.05) is 37.8 Å². The third-order valence-corrected chi connectivity index (χ3v) is 6.90. The smallest absolute Gasteiger partial charge is 0.289 e. The average Bonchev–Trinajstić information content (AvgIpc) is 3.27. The summed E-state index contributed by atoms with van der Waals surface area (Å²) in [5.74, 6) is 0.113. The minimum absolute atomic E-state index is 0.111. The maximum Gasteiger partial charge on any atom is 0.289 e. The van der Waals surface area contributed by atoms with Gasteiger partial charge >= 0.3 is 0 Å². The number of hydrogen-bond donors (Lipinski definition) is 1. The van der Waals surface area contributed by atoms with E-state index in [4.69, 9.17) is 9.15 Å². The molecule has 3 aliphatic rings. The molecular formula is C20H27BrN2O4. The largest absolute Gasteiger partial charge is 0.444 e. The molecule has 1 aromatic rings. The summed E-state index contributed by atoms with van der Waals surface area (Å²) >= 11 is 3.25. The summed E-state index contributed by atoms with van der Waals surface area (Å²) in [5.41, 5.74) is -0.184. The van der Waals surface area contributed by atoms with Gasteiger partial charge in [-0.2, -0.15) is 0 Å². The van der Waals surface area contributed by atoms with Gasteiger partial charge in [-0.3, -0.25) is 9.59 Å². The van der Waals surface area contributed by atoms with Gasteiger partial charge < -0.3 is 19.4 Å². The van der Waals surface area contributed by atoms with Crippen molar-refractivity contribution in [1.82, 2.24) is 10.2 Å². The van der Waals surface area contributed by atoms with E-state index in [1.54, 1.807) is 17.0 Å². The van der Waals surface area contributed by atoms with E-state index in [0.29, 0.717) is 36.7 Å². The Morgan fingerprint density at radius 3 is 2.56 bits per heavy atom. The van der Waals surface area contributed by atoms with Crippen molar-refractivity contribution in [2.24, 2.45) is 11.3 Å². The Balaban J connectivity index is 1.50. The van der Waals surface area contributed by atoms with E-state index in [9.17, 15) is 9.59 Å². The zero-order chi connectivity index (χ0) is 18.9. The van der Waals surface area contributed by atoms with Gasteiger partial charge in [-0.15, -0.1) is 0 Å². The normalized spacial score (nSPS) is 25.7. The van der Waals surface area contributed by atoms with E-state index < -0.39 is 0 Å². The molecule has 0 bridgehead atoms. The number of ether oxygens (including phenoxy) is 1. The first-order chi connectivity index (χ1) is 13.1. The summed E-state index contributed by atoms with van der Waals surface area (Å²) in [4.78, 5) is 27.9. The van der Waals surface area contributed by atoms with Crippen LogP contribution in [0.3, 0.4) is 0 Å². The maximum atomic E-state index is 13.2. The maximum absolute atomic E-state index is 13.2. The molecule has 1 aliphatic carbocycles. The first-order valence-corrected chi connectivity index (χ1v) is 10.8. The van der Waals surface area contributed by atoms with E-state index in [1.807, 2.05) is 0 Å². The van der Waals surface area contributed by atoms with Crippen LogP contribution in [0.4, 0.5) is 0 Å². The van der Waals surface area contributed by atoms with Crippen LogP contribution in [0.25, 0.3) is 0 Å². The summed E-state index contributed by atoms with van der Waals surface area (Å²) < 4.78 is 11.5. The molecule has 2 aliphatic heterocycles. The molecule has 148 valence electrons. The highest BCUT2D eigenvalue weighted by Gasteiger charge is 2.52. The van der Waals surface area contributed by atoms with Gasteiger partial charge in [0.15, 0.2) is 10.4 Å². The van der Waals surface area contributed by atoms with Crippen LogP contribution >= 0.6 is 15.9 Å². The number of halogens is 1. The molecule has 27 heavy (non-hydrogen) atoms. The van der Waals surface area contributed by atoms with Crippen molar-refractivity contribution in [2.45, 2.75) is 51.0 Å². The fraction of sp³-hybridized carbons (Fsp3) is 0.700. The number of likely N-dealkylation sites (tertiary alicyclic amines) is 1. The lowest BCUT2D eigenvalue weighted by Crippen LogP contribution is -2.47. The predicted molar refractivity (Wildman–Crippen MR) is 103 cm³/mol. The Hall–Kier alpha value is -1.34. The Labute approximate surface area is 168 Å². The van der Waals surface area contributed by atoms with E-state index >= 15 is 0 Å². The van der Waals surface area contributed by atoms with Crippen molar-refractivity contribution in [2.75, 3.05) is 26.3 Å². The lowest BCUT2D eigenvalue weighted by molar-refractivity contribution is -0.130. The molecule has 3 heterocycles. The van der Waals surface area contributed by atoms with Crippen LogP contribution in [0.5, 0.6) is 0 Å². The van der Waals surface area contributed by atoms with E-state index in [-0.39, 0.29) is 29.2 Å². The first-order valence-electron chi connectivity index (χ1n) is 10.0. The minimum atomic E-state index is -0.184. The molecule has 4 rings (SSSR count). The van der Waals surface area contributed by atoms with Gasteiger partial charge in [-0.1, -0.05) is 19.3 Å². The highest BCUT2D eigenvalue weighted by atomic mass is 79.9. The Morgan fingerprint density at radius 2 is 1.89 bits per heavy atom. The van der Waals surface area contributed by atoms with Gasteiger partial charge in [0.1, 0.15) is 0 Å². The van der Waals surface area contributed by atoms with E-state index in [0.717, 1.165) is 25.7 Å². The summed E-state index contributed by atoms with van der Waals surface area (Å²) in [7, 11) is 0. The molecule has 1 N–H and O–H groups in total. The first kappa shape index (κ1) is 19.0. The zero-order valence-electron chi connectivity index (χ0n) is 15.5. The van der Waals surface area contributed by atoms with Crippen molar-refractivity contribution in [1.29, 1.82) is 0 Å². The molecule has 3 fully saturated rings. The molecular weight excluding hydrogens is 412 g/mol. The van der Waals surface area contributed by atoms with Crippen LogP contribution in [0, 0.1) is 11.3 Å². The molecule has 7 heteroatoms. The number of nitrogens with one attached hydrogen (secondary N) is 1. The second-order valence-electron chi connectivity index (χ2n) is 8.16. The quantitative estimate of drug-likeness (QED) is 0.784. The Morgan fingerprint density at radius 1 is 1.15 bits per heavy atom. The molecule has 1 spiro atoms. The van der Waals surface area contributed by atoms with Crippen LogP contribution in [0.15, 0.2) is 21.2 Å². The van der Waals surface area contributed by atoms with Crippen LogP contribution in [0.1, 0.15) is 55.5 Å². The SMILES string of the molecule is O=C(NC1CCCCC1)C1CN(C(=O)c2ccc(Br)o2)CC12CCOCC2. The minimum Gasteiger partial charge on any atom is -0.444 e. The van der Waals surface area contributed by atoms with Crippen molar-refractivity contribution >= 4 is 27.7 Å². The summed E-state index contributed by atoms with van der Waals surface area (Å²) in [6, 6.07) is 3.69. The Bertz CT molecular complexity index is 692. The summed E-state index contributed by atoms with van der Waals surface area (Å²) in [5, 5.41) is 3.29. The number of furan rings is 1. The van der Waals surface area contributed by atoms with Crippen molar-refractivity contribution < 1.29 is 18.7 Å². The zero-order valence-corrected chi connectivity index (χ0v) is 17.1. The predicted octanol–water partition coefficient (Wildman–Crippen LogP) is 3.36. The van der Waals surface area contributed by atoms with Gasteiger partial charge in [-0.05, 0) is 53.7 Å². The molecule has 1 aromatic heterocycles. The number of carbonyl (C=O) groups excluding carboxylic acids is 2. The lowest BCUT2D eigenvalue weighted by Gasteiger charge is -2.37. The summed E-state index contributed by atoms with van der Waals surface area (Å²) in [6.45, 7) is 2.36. The molecule has 1 atom stereocenters. The fourth-order valence-corrected chi connectivity index (χ4v) is 5.21. The molecule has 0 aromatic carbocycles. The second kappa shape index (κ2) is 7.95. The van der Waals surface area contributed by atoms with Gasteiger partial charge in [0.05, 0.1) is 5.92 Å². The number of nitrogens with zero attached hydrogens (tertiary/aromatic N) is 1. The van der Waals surface area contributed by atoms with Crippen LogP contribution in [0.2, 0.25) is 0 Å². The van der Waals surface area contributed by atoms with Gasteiger partial charge in [0.2, 0.25) is 5.91 Å². The van der Waals surface area contributed by atoms with Crippen molar-refractivity contribution in [3.8, 4) is 0 Å². The number of hydrogen-bond acceptors (Lipinski definition) is 4. The van der Waals surface area contributed by atoms with Crippen molar-refractivity contribution in [3.05, 3.63) is 22.6 Å². The van der Waals surface area contributed by atoms with Crippen LogP contribution < -0.4 is 5.32 Å².